The molecule has 20 heavy (non-hydrogen) atoms. The van der Waals surface area contributed by atoms with Crippen molar-refractivity contribution in [3.63, 3.8) is 0 Å². The maximum atomic E-state index is 12.3. The molecule has 1 atom stereocenters. The van der Waals surface area contributed by atoms with Gasteiger partial charge in [-0.25, -0.2) is 0 Å². The SMILES string of the molecule is CC1(C)CCCN(C(=O)COCC2CCCC2)C1C#N. The second-order valence-corrected chi connectivity index (χ2v) is 6.88. The van der Waals surface area contributed by atoms with Gasteiger partial charge in [-0.15, -0.1) is 0 Å². The number of likely N-dealkylation sites (tertiary alicyclic amines) is 1. The number of hydrogen-bond acceptors (Lipinski definition) is 3. The fourth-order valence-electron chi connectivity index (χ4n) is 3.48. The Hall–Kier alpha value is -1.08. The van der Waals surface area contributed by atoms with Crippen LogP contribution < -0.4 is 0 Å². The van der Waals surface area contributed by atoms with Crippen LogP contribution in [0.3, 0.4) is 0 Å². The van der Waals surface area contributed by atoms with Crippen LogP contribution in [-0.2, 0) is 9.53 Å². The zero-order valence-corrected chi connectivity index (χ0v) is 12.7. The zero-order valence-electron chi connectivity index (χ0n) is 12.7. The molecule has 0 bridgehead atoms. The van der Waals surface area contributed by atoms with Gasteiger partial charge in [0, 0.05) is 6.54 Å². The molecule has 1 aliphatic heterocycles. The van der Waals surface area contributed by atoms with Crippen molar-refractivity contribution in [3.05, 3.63) is 0 Å². The van der Waals surface area contributed by atoms with Gasteiger partial charge in [-0.2, -0.15) is 5.26 Å². The van der Waals surface area contributed by atoms with Crippen molar-refractivity contribution in [1.82, 2.24) is 4.90 Å². The molecule has 0 aromatic carbocycles. The predicted molar refractivity (Wildman–Crippen MR) is 76.9 cm³/mol. The summed E-state index contributed by atoms with van der Waals surface area (Å²) >= 11 is 0. The highest BCUT2D eigenvalue weighted by Crippen LogP contribution is 2.34. The molecule has 2 aliphatic rings. The Kier molecular flexibility index (Phi) is 5.04. The summed E-state index contributed by atoms with van der Waals surface area (Å²) < 4.78 is 5.59. The van der Waals surface area contributed by atoms with Crippen molar-refractivity contribution in [2.45, 2.75) is 58.4 Å². The number of piperidine rings is 1. The third-order valence-electron chi connectivity index (χ3n) is 4.77. The summed E-state index contributed by atoms with van der Waals surface area (Å²) in [6, 6.07) is 1.99. The van der Waals surface area contributed by atoms with Gasteiger partial charge in [-0.1, -0.05) is 26.7 Å². The molecule has 1 unspecified atom stereocenters. The standard InChI is InChI=1S/C16H26N2O2/c1-16(2)8-5-9-18(14(16)10-17)15(19)12-20-11-13-6-3-4-7-13/h13-14H,3-9,11-12H2,1-2H3. The molecule has 0 N–H and O–H groups in total. The predicted octanol–water partition coefficient (Wildman–Crippen LogP) is 2.73. The Balaban J connectivity index is 1.82. The molecular formula is C16H26N2O2. The maximum absolute atomic E-state index is 12.3. The molecule has 1 aliphatic carbocycles. The first-order chi connectivity index (χ1) is 9.54. The van der Waals surface area contributed by atoms with Gasteiger partial charge in [0.05, 0.1) is 12.7 Å². The van der Waals surface area contributed by atoms with Crippen LogP contribution in [-0.4, -0.2) is 36.6 Å². The van der Waals surface area contributed by atoms with Gasteiger partial charge in [0.1, 0.15) is 12.6 Å². The second kappa shape index (κ2) is 6.58. The lowest BCUT2D eigenvalue weighted by atomic mass is 9.77. The average molecular weight is 278 g/mol. The highest BCUT2D eigenvalue weighted by molar-refractivity contribution is 5.78. The van der Waals surface area contributed by atoms with E-state index in [9.17, 15) is 10.1 Å². The largest absolute Gasteiger partial charge is 0.371 e. The van der Waals surface area contributed by atoms with Crippen molar-refractivity contribution in [3.8, 4) is 6.07 Å². The van der Waals surface area contributed by atoms with Crippen LogP contribution in [0.2, 0.25) is 0 Å². The molecule has 0 aromatic rings. The van der Waals surface area contributed by atoms with E-state index in [0.29, 0.717) is 19.1 Å². The van der Waals surface area contributed by atoms with Gasteiger partial charge in [0.15, 0.2) is 0 Å². The van der Waals surface area contributed by atoms with Crippen molar-refractivity contribution < 1.29 is 9.53 Å². The lowest BCUT2D eigenvalue weighted by molar-refractivity contribution is -0.142. The monoisotopic (exact) mass is 278 g/mol. The zero-order chi connectivity index (χ0) is 14.6. The average Bonchev–Trinajstić information content (AvgIpc) is 2.90. The summed E-state index contributed by atoms with van der Waals surface area (Å²) in [6.45, 7) is 5.65. The molecule has 1 heterocycles. The van der Waals surface area contributed by atoms with E-state index in [1.54, 1.807) is 4.90 Å². The quantitative estimate of drug-likeness (QED) is 0.794. The Morgan fingerprint density at radius 3 is 2.70 bits per heavy atom. The third kappa shape index (κ3) is 3.52. The van der Waals surface area contributed by atoms with Crippen LogP contribution in [0.25, 0.3) is 0 Å². The van der Waals surface area contributed by atoms with Gasteiger partial charge in [-0.3, -0.25) is 4.79 Å². The van der Waals surface area contributed by atoms with Crippen molar-refractivity contribution in [2.24, 2.45) is 11.3 Å². The molecule has 4 nitrogen and oxygen atoms in total. The van der Waals surface area contributed by atoms with E-state index in [1.165, 1.54) is 25.7 Å². The number of ether oxygens (including phenoxy) is 1. The highest BCUT2D eigenvalue weighted by Gasteiger charge is 2.39. The topological polar surface area (TPSA) is 53.3 Å². The molecular weight excluding hydrogens is 252 g/mol. The number of nitriles is 1. The van der Waals surface area contributed by atoms with E-state index in [1.807, 2.05) is 0 Å². The molecule has 0 aromatic heterocycles. The second-order valence-electron chi connectivity index (χ2n) is 6.88. The normalized spacial score (nSPS) is 26.4. The van der Waals surface area contributed by atoms with Gasteiger partial charge >= 0.3 is 0 Å². The van der Waals surface area contributed by atoms with E-state index in [2.05, 4.69) is 19.9 Å². The maximum Gasteiger partial charge on any atom is 0.249 e. The van der Waals surface area contributed by atoms with Crippen LogP contribution in [0.5, 0.6) is 0 Å². The Bertz CT molecular complexity index is 380. The highest BCUT2D eigenvalue weighted by atomic mass is 16.5. The van der Waals surface area contributed by atoms with Crippen molar-refractivity contribution >= 4 is 5.91 Å². The van der Waals surface area contributed by atoms with E-state index >= 15 is 0 Å². The van der Waals surface area contributed by atoms with Gasteiger partial charge < -0.3 is 9.64 Å². The van der Waals surface area contributed by atoms with Crippen LogP contribution in [0.4, 0.5) is 0 Å². The van der Waals surface area contributed by atoms with Crippen LogP contribution >= 0.6 is 0 Å². The lowest BCUT2D eigenvalue weighted by Crippen LogP contribution is -2.52. The minimum Gasteiger partial charge on any atom is -0.371 e. The van der Waals surface area contributed by atoms with Gasteiger partial charge in [0.2, 0.25) is 5.91 Å². The van der Waals surface area contributed by atoms with Crippen molar-refractivity contribution in [2.75, 3.05) is 19.8 Å². The van der Waals surface area contributed by atoms with Crippen LogP contribution in [0.1, 0.15) is 52.4 Å². The fourth-order valence-corrected chi connectivity index (χ4v) is 3.48. The van der Waals surface area contributed by atoms with E-state index in [-0.39, 0.29) is 24.0 Å². The number of hydrogen-bond donors (Lipinski definition) is 0. The number of carbonyl (C=O) groups is 1. The number of carbonyl (C=O) groups excluding carboxylic acids is 1. The Labute approximate surface area is 122 Å². The molecule has 1 saturated heterocycles. The number of rotatable bonds is 4. The van der Waals surface area contributed by atoms with Crippen LogP contribution in [0, 0.1) is 22.7 Å². The first kappa shape index (κ1) is 15.3. The van der Waals surface area contributed by atoms with Crippen LogP contribution in [0.15, 0.2) is 0 Å². The molecule has 0 spiro atoms. The minimum atomic E-state index is -0.321. The minimum absolute atomic E-state index is 0.0256. The molecule has 1 saturated carbocycles. The fraction of sp³-hybridized carbons (Fsp3) is 0.875. The molecule has 4 heteroatoms. The Morgan fingerprint density at radius 2 is 2.05 bits per heavy atom. The summed E-state index contributed by atoms with van der Waals surface area (Å²) in [6.07, 6.45) is 7.01. The molecule has 2 fully saturated rings. The first-order valence-corrected chi connectivity index (χ1v) is 7.81. The van der Waals surface area contributed by atoms with E-state index < -0.39 is 0 Å². The smallest absolute Gasteiger partial charge is 0.249 e. The lowest BCUT2D eigenvalue weighted by Gasteiger charge is -2.42. The van der Waals surface area contributed by atoms with E-state index in [4.69, 9.17) is 4.74 Å². The summed E-state index contributed by atoms with van der Waals surface area (Å²) in [4.78, 5) is 14.0. The van der Waals surface area contributed by atoms with Gasteiger partial charge in [0.25, 0.3) is 0 Å². The Morgan fingerprint density at radius 1 is 1.35 bits per heavy atom. The number of nitrogens with zero attached hydrogens (tertiary/aromatic N) is 2. The van der Waals surface area contributed by atoms with Gasteiger partial charge in [-0.05, 0) is 37.0 Å². The molecule has 112 valence electrons. The number of amides is 1. The first-order valence-electron chi connectivity index (χ1n) is 7.81. The summed E-state index contributed by atoms with van der Waals surface area (Å²) in [7, 11) is 0. The molecule has 2 rings (SSSR count). The molecule has 0 radical (unpaired) electrons. The van der Waals surface area contributed by atoms with Crippen molar-refractivity contribution in [1.29, 1.82) is 5.26 Å². The summed E-state index contributed by atoms with van der Waals surface area (Å²) in [5.74, 6) is 0.606. The third-order valence-corrected chi connectivity index (χ3v) is 4.77. The van der Waals surface area contributed by atoms with E-state index in [0.717, 1.165) is 12.8 Å². The summed E-state index contributed by atoms with van der Waals surface area (Å²) in [5, 5.41) is 9.36. The molecule has 1 amide bonds. The summed E-state index contributed by atoms with van der Waals surface area (Å²) in [5.41, 5.74) is -0.117.